The van der Waals surface area contributed by atoms with Gasteiger partial charge in [0.1, 0.15) is 5.58 Å². The Hall–Kier alpha value is -5.66. The molecule has 7 heteroatoms. The SMILES string of the molecule is CC(C)(C)c1ccc(-n2c(-c3[c-]ccc4c3oc3c5c(ccc34)CCCC5)nc3c4ccccc4ccc32)c(-c2ccccc2)c1.[2H]C(C)(C)c1cc(-c2[c-]cc(F)cc2)nc[c]1[Ge]([CH3])([CH3])[CH3].[Ir]. The number of imidazole rings is 1. The summed E-state index contributed by atoms with van der Waals surface area (Å²) in [5, 5.41) is 4.61. The zero-order valence-electron chi connectivity index (χ0n) is 40.6. The van der Waals surface area contributed by atoms with Crippen molar-refractivity contribution in [2.45, 2.75) is 88.9 Å². The summed E-state index contributed by atoms with van der Waals surface area (Å²) in [6.07, 6.45) is 6.55. The molecular formula is C60H56FGeIrN3O-2. The van der Waals surface area contributed by atoms with Gasteiger partial charge in [-0.15, -0.1) is 18.2 Å². The van der Waals surface area contributed by atoms with Gasteiger partial charge in [-0.3, -0.25) is 4.98 Å². The zero-order chi connectivity index (χ0) is 46.8. The van der Waals surface area contributed by atoms with Crippen LogP contribution in [-0.2, 0) is 38.4 Å². The Morgan fingerprint density at radius 2 is 1.55 bits per heavy atom. The molecule has 0 aliphatic heterocycles. The molecule has 1 radical (unpaired) electrons. The van der Waals surface area contributed by atoms with Gasteiger partial charge in [0.25, 0.3) is 0 Å². The van der Waals surface area contributed by atoms with Crippen LogP contribution >= 0.6 is 0 Å². The summed E-state index contributed by atoms with van der Waals surface area (Å²) in [7, 11) is 0. The number of hydrogen-bond donors (Lipinski definition) is 0. The van der Waals surface area contributed by atoms with Crippen LogP contribution in [0.5, 0.6) is 0 Å². The van der Waals surface area contributed by atoms with Gasteiger partial charge >= 0.3 is 125 Å². The summed E-state index contributed by atoms with van der Waals surface area (Å²) in [4.78, 5) is 10.0. The monoisotopic (exact) mass is 1120 g/mol. The van der Waals surface area contributed by atoms with Crippen molar-refractivity contribution in [1.29, 1.82) is 0 Å². The van der Waals surface area contributed by atoms with Crippen molar-refractivity contribution in [3.05, 3.63) is 180 Å². The maximum absolute atomic E-state index is 13.0. The van der Waals surface area contributed by atoms with Crippen LogP contribution in [0.15, 0.2) is 144 Å². The molecule has 67 heavy (non-hydrogen) atoms. The van der Waals surface area contributed by atoms with Crippen LogP contribution in [0.3, 0.4) is 0 Å². The topological polar surface area (TPSA) is 43.9 Å². The number of fused-ring (bicyclic) bond motifs is 8. The maximum Gasteiger partial charge on any atom is 0 e. The molecule has 0 saturated heterocycles. The van der Waals surface area contributed by atoms with E-state index in [0.717, 1.165) is 79.7 Å². The fraction of sp³-hybridized carbons (Fsp3) is 0.233. The van der Waals surface area contributed by atoms with E-state index < -0.39 is 19.2 Å². The Balaban J connectivity index is 0.000000222. The molecule has 7 aromatic carbocycles. The van der Waals surface area contributed by atoms with E-state index in [9.17, 15) is 4.39 Å². The fourth-order valence-electron chi connectivity index (χ4n) is 9.64. The van der Waals surface area contributed by atoms with Crippen molar-refractivity contribution in [1.82, 2.24) is 14.5 Å². The summed E-state index contributed by atoms with van der Waals surface area (Å²) >= 11 is -2.10. The maximum atomic E-state index is 13.0. The van der Waals surface area contributed by atoms with Crippen LogP contribution in [-0.4, -0.2) is 27.8 Å². The second-order valence-electron chi connectivity index (χ2n) is 20.0. The number of benzene rings is 7. The van der Waals surface area contributed by atoms with Crippen molar-refractivity contribution in [3.63, 3.8) is 0 Å². The van der Waals surface area contributed by atoms with Crippen LogP contribution in [0, 0.1) is 17.9 Å². The van der Waals surface area contributed by atoms with Gasteiger partial charge in [-0.25, -0.2) is 0 Å². The molecule has 11 rings (SSSR count). The largest absolute Gasteiger partial charge is 0 e. The van der Waals surface area contributed by atoms with Crippen LogP contribution in [0.2, 0.25) is 17.3 Å². The third kappa shape index (κ3) is 8.85. The normalized spacial score (nSPS) is 13.3. The van der Waals surface area contributed by atoms with E-state index in [-0.39, 0.29) is 31.3 Å². The van der Waals surface area contributed by atoms with Crippen molar-refractivity contribution in [2.75, 3.05) is 0 Å². The summed E-state index contributed by atoms with van der Waals surface area (Å²) in [5.41, 5.74) is 14.9. The quantitative estimate of drug-likeness (QED) is 0.123. The molecule has 0 bridgehead atoms. The van der Waals surface area contributed by atoms with Gasteiger partial charge in [-0.05, 0) is 76.9 Å². The van der Waals surface area contributed by atoms with Gasteiger partial charge in [0.2, 0.25) is 0 Å². The number of halogens is 1. The Morgan fingerprint density at radius 1 is 0.791 bits per heavy atom. The van der Waals surface area contributed by atoms with Crippen molar-refractivity contribution >= 4 is 61.4 Å². The molecule has 10 aromatic rings. The number of pyridine rings is 1. The molecule has 1 aliphatic carbocycles. The summed E-state index contributed by atoms with van der Waals surface area (Å²) in [6, 6.07) is 52.2. The summed E-state index contributed by atoms with van der Waals surface area (Å²) in [5.74, 6) is 6.76. The van der Waals surface area contributed by atoms with Crippen LogP contribution in [0.4, 0.5) is 4.39 Å². The first-order valence-electron chi connectivity index (χ1n) is 23.7. The van der Waals surface area contributed by atoms with Crippen molar-refractivity contribution in [3.8, 4) is 39.5 Å². The number of furan rings is 1. The minimum absolute atomic E-state index is 0. The number of aromatic nitrogens is 3. The Morgan fingerprint density at radius 3 is 2.30 bits per heavy atom. The van der Waals surface area contributed by atoms with E-state index >= 15 is 0 Å². The fourth-order valence-corrected chi connectivity index (χ4v) is 13.0. The van der Waals surface area contributed by atoms with Crippen LogP contribution in [0.25, 0.3) is 83.2 Å². The number of rotatable bonds is 6. The average Bonchev–Trinajstić information content (AvgIpc) is 3.91. The molecule has 0 fully saturated rings. The van der Waals surface area contributed by atoms with E-state index in [0.29, 0.717) is 0 Å². The molecule has 1 aliphatic rings. The molecule has 0 atom stereocenters. The molecule has 4 nitrogen and oxygen atoms in total. The minimum Gasteiger partial charge on any atom is 0 e. The molecule has 339 valence electrons. The minimum atomic E-state index is -2.10. The van der Waals surface area contributed by atoms with E-state index in [1.807, 2.05) is 32.2 Å². The Kier molecular flexibility index (Phi) is 12.4. The van der Waals surface area contributed by atoms with Crippen LogP contribution < -0.4 is 4.40 Å². The van der Waals surface area contributed by atoms with Gasteiger partial charge in [-0.2, -0.15) is 0 Å². The molecule has 3 aromatic heterocycles. The van der Waals surface area contributed by atoms with Gasteiger partial charge in [0, 0.05) is 42.1 Å². The molecule has 0 amide bonds. The van der Waals surface area contributed by atoms with Crippen molar-refractivity contribution < 1.29 is 30.3 Å². The Bertz CT molecular complexity index is 3490. The third-order valence-corrected chi connectivity index (χ3v) is 17.4. The smallest absolute Gasteiger partial charge is 0 e. The molecule has 0 unspecified atom stereocenters. The molecule has 0 saturated carbocycles. The summed E-state index contributed by atoms with van der Waals surface area (Å²) in [6.45, 7) is 10.6. The number of aryl methyl sites for hydroxylation is 2. The van der Waals surface area contributed by atoms with E-state index in [4.69, 9.17) is 10.8 Å². The van der Waals surface area contributed by atoms with Gasteiger partial charge in [-0.1, -0.05) is 111 Å². The zero-order valence-corrected chi connectivity index (χ0v) is 44.1. The predicted molar refractivity (Wildman–Crippen MR) is 276 cm³/mol. The second kappa shape index (κ2) is 18.4. The first-order valence-corrected chi connectivity index (χ1v) is 30.6. The molecule has 0 spiro atoms. The first-order chi connectivity index (χ1) is 32.0. The first kappa shape index (κ1) is 45.1. The van der Waals surface area contributed by atoms with Gasteiger partial charge in [0.15, 0.2) is 0 Å². The van der Waals surface area contributed by atoms with Crippen molar-refractivity contribution in [2.24, 2.45) is 0 Å². The second-order valence-corrected chi connectivity index (χ2v) is 30.6. The van der Waals surface area contributed by atoms with E-state index in [1.165, 1.54) is 68.0 Å². The van der Waals surface area contributed by atoms with E-state index in [1.54, 1.807) is 6.07 Å². The molecular weight excluding hydrogens is 1060 g/mol. The summed E-state index contributed by atoms with van der Waals surface area (Å²) < 4.78 is 31.9. The van der Waals surface area contributed by atoms with E-state index in [2.05, 4.69) is 163 Å². The number of hydrogen-bond acceptors (Lipinski definition) is 3. The Labute approximate surface area is 411 Å². The van der Waals surface area contributed by atoms with Crippen LogP contribution in [0.1, 0.15) is 77.0 Å². The number of nitrogens with zero attached hydrogens (tertiary/aromatic N) is 3. The third-order valence-electron chi connectivity index (χ3n) is 13.2. The average molecular weight is 1120 g/mol. The molecule has 0 N–H and O–H groups in total. The molecule has 3 heterocycles. The van der Waals surface area contributed by atoms with Gasteiger partial charge in [0.05, 0.1) is 22.4 Å². The predicted octanol–water partition coefficient (Wildman–Crippen LogP) is 15.7. The van der Waals surface area contributed by atoms with Gasteiger partial charge < -0.3 is 8.98 Å². The standard InChI is InChI=1S/C43H35N2O.C17H21FGeN.Ir/c1-43(2,3)30-22-25-37(36(26-30)27-12-5-4-6-13-27)45-38-24-21-28-14-7-9-16-31(28)39(38)44-42(45)35-19-11-18-33-34-23-20-29-15-8-10-17-32(29)40(34)46-41(33)35;1-12(2)15-10-17(13-6-8-14(18)9-7-13)20-11-16(15)19(3,4)5;/h4-7,9,11-14,16,18,20-26H,8,10,15,17H2,1-3H3;6,8-12H,1-5H3;/q2*-1;/i;12D;.